The first-order chi connectivity index (χ1) is 18.4. The van der Waals surface area contributed by atoms with E-state index in [-0.39, 0.29) is 24.7 Å². The van der Waals surface area contributed by atoms with Crippen LogP contribution < -0.4 is 0 Å². The Morgan fingerprint density at radius 1 is 0.737 bits per heavy atom. The Kier molecular flexibility index (Phi) is 18.3. The third-order valence-corrected chi connectivity index (χ3v) is 6.96. The van der Waals surface area contributed by atoms with Crippen molar-refractivity contribution >= 4 is 11.8 Å². The molecule has 0 bridgehead atoms. The quantitative estimate of drug-likeness (QED) is 0.0987. The van der Waals surface area contributed by atoms with E-state index in [0.29, 0.717) is 12.8 Å². The molecule has 0 aromatic rings. The topological polar surface area (TPSA) is 143 Å². The molecular weight excluding hydrogens is 492 g/mol. The summed E-state index contributed by atoms with van der Waals surface area (Å²) in [6, 6.07) is 0. The van der Waals surface area contributed by atoms with Gasteiger partial charge in [0.25, 0.3) is 5.60 Å². The highest BCUT2D eigenvalue weighted by atomic mass is 16.6. The van der Waals surface area contributed by atoms with Crippen LogP contribution in [0.2, 0.25) is 0 Å². The Hall–Kier alpha value is -1.68. The van der Waals surface area contributed by atoms with Gasteiger partial charge in [-0.05, 0) is 12.8 Å². The maximum absolute atomic E-state index is 13.1. The Labute approximate surface area is 228 Å². The molecule has 9 nitrogen and oxygen atoms in total. The lowest BCUT2D eigenvalue weighted by atomic mass is 9.87. The second kappa shape index (κ2) is 20.3. The molecule has 1 unspecified atom stereocenters. The number of cyclic esters (lactones) is 1. The molecule has 1 rings (SSSR count). The predicted octanol–water partition coefficient (Wildman–Crippen LogP) is 4.08. The highest BCUT2D eigenvalue weighted by Gasteiger charge is 2.62. The number of hydrogen-bond donors (Lipinski definition) is 4. The molecule has 3 atom stereocenters. The highest BCUT2D eigenvalue weighted by Crippen LogP contribution is 2.39. The van der Waals surface area contributed by atoms with Crippen LogP contribution in [0.25, 0.3) is 0 Å². The van der Waals surface area contributed by atoms with E-state index in [2.05, 4.69) is 13.8 Å². The Bertz CT molecular complexity index is 694. The van der Waals surface area contributed by atoms with Crippen LogP contribution >= 0.6 is 0 Å². The summed E-state index contributed by atoms with van der Waals surface area (Å²) in [5.41, 5.74) is -2.48. The van der Waals surface area contributed by atoms with Crippen molar-refractivity contribution in [3.05, 3.63) is 11.5 Å². The largest absolute Gasteiger partial charge is 0.489 e. The maximum Gasteiger partial charge on any atom is 0.378 e. The zero-order chi connectivity index (χ0) is 28.2. The number of carbonyl (C=O) groups excluding carboxylic acids is 2. The molecule has 0 amide bonds. The number of ether oxygens (including phenoxy) is 3. The molecule has 0 spiro atoms. The number of rotatable bonds is 25. The van der Waals surface area contributed by atoms with Gasteiger partial charge in [0.2, 0.25) is 17.3 Å². The third-order valence-electron chi connectivity index (χ3n) is 6.96. The first kappa shape index (κ1) is 34.3. The number of ketones is 1. The fraction of sp³-hybridized carbons (Fsp3) is 0.862. The first-order valence-corrected chi connectivity index (χ1v) is 14.8. The molecule has 1 heterocycles. The third kappa shape index (κ3) is 10.8. The van der Waals surface area contributed by atoms with Gasteiger partial charge in [-0.2, -0.15) is 0 Å². The van der Waals surface area contributed by atoms with E-state index in [9.17, 15) is 30.0 Å². The monoisotopic (exact) mass is 544 g/mol. The number of aliphatic hydroxyl groups excluding tert-OH is 4. The van der Waals surface area contributed by atoms with Gasteiger partial charge >= 0.3 is 5.97 Å². The van der Waals surface area contributed by atoms with Gasteiger partial charge in [0.05, 0.1) is 26.4 Å². The Morgan fingerprint density at radius 2 is 1.18 bits per heavy atom. The number of carbonyl (C=O) groups is 2. The van der Waals surface area contributed by atoms with E-state index in [1.54, 1.807) is 0 Å². The summed E-state index contributed by atoms with van der Waals surface area (Å²) < 4.78 is 16.8. The average Bonchev–Trinajstić information content (AvgIpc) is 3.21. The van der Waals surface area contributed by atoms with Crippen LogP contribution in [0.5, 0.6) is 0 Å². The summed E-state index contributed by atoms with van der Waals surface area (Å²) >= 11 is 0. The van der Waals surface area contributed by atoms with Gasteiger partial charge in [-0.3, -0.25) is 4.79 Å². The molecule has 1 aliphatic heterocycles. The minimum Gasteiger partial charge on any atom is -0.489 e. The van der Waals surface area contributed by atoms with Crippen LogP contribution in [0.1, 0.15) is 117 Å². The second-order valence-corrected chi connectivity index (χ2v) is 10.2. The van der Waals surface area contributed by atoms with Crippen LogP contribution in [0.15, 0.2) is 11.5 Å². The number of esters is 1. The van der Waals surface area contributed by atoms with Gasteiger partial charge in [-0.25, -0.2) is 4.79 Å². The molecule has 38 heavy (non-hydrogen) atoms. The van der Waals surface area contributed by atoms with Crippen LogP contribution in [0.3, 0.4) is 0 Å². The smallest absolute Gasteiger partial charge is 0.378 e. The van der Waals surface area contributed by atoms with Gasteiger partial charge in [0.15, 0.2) is 0 Å². The maximum atomic E-state index is 13.1. The van der Waals surface area contributed by atoms with E-state index in [1.807, 2.05) is 0 Å². The zero-order valence-electron chi connectivity index (χ0n) is 23.6. The summed E-state index contributed by atoms with van der Waals surface area (Å²) in [6.45, 7) is 2.78. The molecule has 0 saturated carbocycles. The van der Waals surface area contributed by atoms with Gasteiger partial charge in [0.1, 0.15) is 12.2 Å². The average molecular weight is 545 g/mol. The summed E-state index contributed by atoms with van der Waals surface area (Å²) in [5.74, 6) is -2.87. The van der Waals surface area contributed by atoms with Crippen LogP contribution in [0, 0.1) is 0 Å². The van der Waals surface area contributed by atoms with E-state index < -0.39 is 42.8 Å². The van der Waals surface area contributed by atoms with E-state index in [4.69, 9.17) is 14.2 Å². The Morgan fingerprint density at radius 3 is 1.63 bits per heavy atom. The second-order valence-electron chi connectivity index (χ2n) is 10.2. The van der Waals surface area contributed by atoms with Crippen molar-refractivity contribution in [2.75, 3.05) is 26.4 Å². The van der Waals surface area contributed by atoms with Gasteiger partial charge < -0.3 is 34.6 Å². The number of hydrogen-bond acceptors (Lipinski definition) is 9. The predicted molar refractivity (Wildman–Crippen MR) is 144 cm³/mol. The normalized spacial score (nSPS) is 18.9. The first-order valence-electron chi connectivity index (χ1n) is 14.8. The molecule has 1 aliphatic rings. The fourth-order valence-electron chi connectivity index (χ4n) is 4.62. The molecule has 0 fully saturated rings. The van der Waals surface area contributed by atoms with Crippen molar-refractivity contribution in [1.82, 2.24) is 0 Å². The lowest BCUT2D eigenvalue weighted by Crippen LogP contribution is -2.58. The van der Waals surface area contributed by atoms with Crippen LogP contribution in [-0.2, 0) is 23.8 Å². The van der Waals surface area contributed by atoms with Crippen molar-refractivity contribution in [2.45, 2.75) is 134 Å². The molecule has 0 saturated heterocycles. The summed E-state index contributed by atoms with van der Waals surface area (Å²) in [5, 5.41) is 39.7. The number of aliphatic hydroxyl groups is 4. The van der Waals surface area contributed by atoms with Crippen molar-refractivity contribution in [1.29, 1.82) is 0 Å². The molecule has 0 aromatic heterocycles. The number of Topliss-reactive ketones (excluding diaryl/α,β-unsaturated/α-hetero) is 1. The van der Waals surface area contributed by atoms with Crippen molar-refractivity contribution in [3.63, 3.8) is 0 Å². The Balaban J connectivity index is 2.83. The lowest BCUT2D eigenvalue weighted by Gasteiger charge is -2.33. The van der Waals surface area contributed by atoms with Gasteiger partial charge in [-0.15, -0.1) is 0 Å². The lowest BCUT2D eigenvalue weighted by molar-refractivity contribution is -0.179. The molecule has 9 heteroatoms. The van der Waals surface area contributed by atoms with Gasteiger partial charge in [-0.1, -0.05) is 104 Å². The minimum absolute atomic E-state index is 0.134. The van der Waals surface area contributed by atoms with E-state index >= 15 is 0 Å². The fourth-order valence-corrected chi connectivity index (χ4v) is 4.62. The molecule has 0 aromatic carbocycles. The van der Waals surface area contributed by atoms with Crippen LogP contribution in [-0.4, -0.2) is 76.4 Å². The van der Waals surface area contributed by atoms with Gasteiger partial charge in [0, 0.05) is 0 Å². The SMILES string of the molecule is CCCCCCCCCCCCOC1=C(OCCCCCCCC)C(=O)O[C@]1(C(=O)C(O)CO)[C@@H](O)CO. The molecule has 0 radical (unpaired) electrons. The van der Waals surface area contributed by atoms with Crippen molar-refractivity contribution in [2.24, 2.45) is 0 Å². The summed E-state index contributed by atoms with van der Waals surface area (Å²) in [7, 11) is 0. The molecule has 222 valence electrons. The van der Waals surface area contributed by atoms with Crippen LogP contribution in [0.4, 0.5) is 0 Å². The van der Waals surface area contributed by atoms with E-state index in [1.165, 1.54) is 38.5 Å². The van der Waals surface area contributed by atoms with E-state index in [0.717, 1.165) is 51.4 Å². The molecule has 0 aliphatic carbocycles. The molecular formula is C29H52O9. The summed E-state index contributed by atoms with van der Waals surface area (Å²) in [4.78, 5) is 25.8. The zero-order valence-corrected chi connectivity index (χ0v) is 23.6. The standard InChI is InChI=1S/C29H52O9/c1-3-5-7-9-11-12-13-14-16-18-20-37-27-25(36-19-17-15-10-8-6-4-2)28(35)38-29(27,24(33)22-31)26(34)23(32)21-30/h23-24,30-33H,3-22H2,1-2H3/t23?,24-,29-/m0/s1. The highest BCUT2D eigenvalue weighted by molar-refractivity contribution is 6.03. The number of unbranched alkanes of at least 4 members (excludes halogenated alkanes) is 14. The minimum atomic E-state index is -2.48. The van der Waals surface area contributed by atoms with Crippen molar-refractivity contribution in [3.8, 4) is 0 Å². The molecule has 4 N–H and O–H groups in total. The summed E-state index contributed by atoms with van der Waals surface area (Å²) in [6.07, 6.45) is 13.4. The van der Waals surface area contributed by atoms with Crippen molar-refractivity contribution < 1.29 is 44.2 Å².